The minimum atomic E-state index is -0.606. The summed E-state index contributed by atoms with van der Waals surface area (Å²) in [5.74, 6) is 1.76. The second-order valence-corrected chi connectivity index (χ2v) is 15.9. The highest BCUT2D eigenvalue weighted by Crippen LogP contribution is 2.64. The fourth-order valence-corrected chi connectivity index (χ4v) is 10.5. The van der Waals surface area contributed by atoms with Crippen molar-refractivity contribution in [2.45, 2.75) is 5.41 Å². The number of nitrogens with zero attached hydrogens (tertiary/aromatic N) is 1. The SMILES string of the molecule is c1ccc(-c2ccc(N(c3cccc4c3-c3ccccc3C43c4ccccc4Oc4ccccc43)c3cc4c5ccccc5oc4c4ccccc34)c3ccccc23)cc1. The lowest BCUT2D eigenvalue weighted by Crippen LogP contribution is -2.32. The predicted octanol–water partition coefficient (Wildman–Crippen LogP) is 15.5. The maximum absolute atomic E-state index is 6.70. The first kappa shape index (κ1) is 33.1. The standard InChI is InChI=1S/C57H35NO2/c1-2-17-36(18-3-1)37-33-34-49(39-20-5-4-19-38(37)39)58(51-35-44-41-22-9-13-30-52(41)60-56(44)42-23-7-6-21-40(42)51)50-29-16-28-48-55(50)43-24-8-10-25-45(43)57(48)46-26-11-14-31-53(46)59-54-32-15-12-27-47(54)57/h1-35H. The first-order chi connectivity index (χ1) is 29.8. The smallest absolute Gasteiger partial charge is 0.143 e. The Bertz CT molecular complexity index is 3500. The molecule has 0 bridgehead atoms. The summed E-state index contributed by atoms with van der Waals surface area (Å²) in [7, 11) is 0. The van der Waals surface area contributed by atoms with Crippen LogP contribution >= 0.6 is 0 Å². The number of fused-ring (bicyclic) bond motifs is 15. The molecule has 1 aliphatic carbocycles. The third-order valence-corrected chi connectivity index (χ3v) is 12.9. The molecule has 1 aliphatic heterocycles. The molecule has 0 radical (unpaired) electrons. The Morgan fingerprint density at radius 1 is 0.350 bits per heavy atom. The van der Waals surface area contributed by atoms with Gasteiger partial charge in [-0.15, -0.1) is 0 Å². The summed E-state index contributed by atoms with van der Waals surface area (Å²) in [5, 5.41) is 6.74. The number of para-hydroxylation sites is 3. The second kappa shape index (κ2) is 12.6. The van der Waals surface area contributed by atoms with Gasteiger partial charge in [-0.05, 0) is 69.6 Å². The van der Waals surface area contributed by atoms with Gasteiger partial charge in [-0.3, -0.25) is 0 Å². The van der Waals surface area contributed by atoms with Crippen molar-refractivity contribution < 1.29 is 9.15 Å². The average molecular weight is 766 g/mol. The van der Waals surface area contributed by atoms with Gasteiger partial charge < -0.3 is 14.1 Å². The van der Waals surface area contributed by atoms with E-state index in [2.05, 4.69) is 211 Å². The minimum Gasteiger partial charge on any atom is -0.457 e. The molecular weight excluding hydrogens is 731 g/mol. The van der Waals surface area contributed by atoms with Crippen molar-refractivity contribution in [1.82, 2.24) is 0 Å². The van der Waals surface area contributed by atoms with Crippen LogP contribution in [-0.2, 0) is 5.41 Å². The van der Waals surface area contributed by atoms with Gasteiger partial charge in [0.05, 0.1) is 22.5 Å². The molecule has 0 atom stereocenters. The van der Waals surface area contributed by atoms with Crippen LogP contribution in [0.4, 0.5) is 17.1 Å². The van der Waals surface area contributed by atoms with Gasteiger partial charge in [0.2, 0.25) is 0 Å². The molecule has 0 saturated carbocycles. The molecule has 0 saturated heterocycles. The molecule has 2 aliphatic rings. The Labute approximate surface area is 347 Å². The van der Waals surface area contributed by atoms with Crippen molar-refractivity contribution in [3.8, 4) is 33.8 Å². The van der Waals surface area contributed by atoms with Gasteiger partial charge in [0.15, 0.2) is 0 Å². The van der Waals surface area contributed by atoms with E-state index in [9.17, 15) is 0 Å². The summed E-state index contributed by atoms with van der Waals surface area (Å²) in [4.78, 5) is 2.53. The number of benzene rings is 10. The maximum atomic E-state index is 6.70. The van der Waals surface area contributed by atoms with Gasteiger partial charge in [-0.25, -0.2) is 0 Å². The van der Waals surface area contributed by atoms with Crippen LogP contribution in [0, 0.1) is 0 Å². The summed E-state index contributed by atoms with van der Waals surface area (Å²) < 4.78 is 13.4. The molecular formula is C57H35NO2. The van der Waals surface area contributed by atoms with Gasteiger partial charge >= 0.3 is 0 Å². The summed E-state index contributed by atoms with van der Waals surface area (Å²) in [6.07, 6.45) is 0. The fraction of sp³-hybridized carbons (Fsp3) is 0.0175. The van der Waals surface area contributed by atoms with Crippen molar-refractivity contribution in [1.29, 1.82) is 0 Å². The van der Waals surface area contributed by atoms with Crippen LogP contribution in [0.5, 0.6) is 11.5 Å². The average Bonchev–Trinajstić information content (AvgIpc) is 3.84. The van der Waals surface area contributed by atoms with Crippen LogP contribution in [0.1, 0.15) is 22.3 Å². The molecule has 11 aromatic rings. The third-order valence-electron chi connectivity index (χ3n) is 12.9. The van der Waals surface area contributed by atoms with E-state index in [4.69, 9.17) is 9.15 Å². The minimum absolute atomic E-state index is 0.606. The van der Waals surface area contributed by atoms with Gasteiger partial charge in [-0.2, -0.15) is 0 Å². The topological polar surface area (TPSA) is 25.6 Å². The Balaban J connectivity index is 1.19. The summed E-state index contributed by atoms with van der Waals surface area (Å²) in [6.45, 7) is 0. The lowest BCUT2D eigenvalue weighted by molar-refractivity contribution is 0.436. The fourth-order valence-electron chi connectivity index (χ4n) is 10.5. The first-order valence-corrected chi connectivity index (χ1v) is 20.6. The first-order valence-electron chi connectivity index (χ1n) is 20.6. The molecule has 1 aromatic heterocycles. The number of hydrogen-bond donors (Lipinski definition) is 0. The summed E-state index contributed by atoms with van der Waals surface area (Å²) in [5.41, 5.74) is 14.1. The molecule has 280 valence electrons. The number of rotatable bonds is 4. The quantitative estimate of drug-likeness (QED) is 0.178. The number of furan rings is 1. The molecule has 13 rings (SSSR count). The lowest BCUT2D eigenvalue weighted by atomic mass is 9.66. The van der Waals surface area contributed by atoms with Crippen molar-refractivity contribution in [2.24, 2.45) is 0 Å². The number of ether oxygens (including phenoxy) is 1. The molecule has 3 heteroatoms. The molecule has 0 N–H and O–H groups in total. The van der Waals surface area contributed by atoms with E-state index in [0.29, 0.717) is 0 Å². The Morgan fingerprint density at radius 2 is 0.933 bits per heavy atom. The normalized spacial score (nSPS) is 13.3. The predicted molar refractivity (Wildman–Crippen MR) is 246 cm³/mol. The van der Waals surface area contributed by atoms with Crippen LogP contribution in [0.15, 0.2) is 217 Å². The van der Waals surface area contributed by atoms with Gasteiger partial charge in [-0.1, -0.05) is 176 Å². The molecule has 10 aromatic carbocycles. The van der Waals surface area contributed by atoms with E-state index in [-0.39, 0.29) is 0 Å². The highest BCUT2D eigenvalue weighted by molar-refractivity contribution is 6.21. The van der Waals surface area contributed by atoms with Crippen LogP contribution in [0.2, 0.25) is 0 Å². The van der Waals surface area contributed by atoms with Crippen molar-refractivity contribution >= 4 is 60.5 Å². The molecule has 60 heavy (non-hydrogen) atoms. The van der Waals surface area contributed by atoms with E-state index in [0.717, 1.165) is 72.4 Å². The van der Waals surface area contributed by atoms with Gasteiger partial charge in [0.25, 0.3) is 0 Å². The van der Waals surface area contributed by atoms with E-state index in [1.807, 2.05) is 6.07 Å². The Morgan fingerprint density at radius 3 is 1.70 bits per heavy atom. The van der Waals surface area contributed by atoms with Gasteiger partial charge in [0, 0.05) is 43.6 Å². The Kier molecular flexibility index (Phi) is 6.93. The molecule has 0 unspecified atom stereocenters. The molecule has 0 amide bonds. The maximum Gasteiger partial charge on any atom is 0.143 e. The molecule has 1 spiro atoms. The number of anilines is 3. The zero-order chi connectivity index (χ0) is 39.4. The molecule has 2 heterocycles. The Hall–Kier alpha value is -7.88. The van der Waals surface area contributed by atoms with E-state index < -0.39 is 5.41 Å². The zero-order valence-corrected chi connectivity index (χ0v) is 32.5. The number of hydrogen-bond acceptors (Lipinski definition) is 3. The van der Waals surface area contributed by atoms with Crippen LogP contribution in [0.25, 0.3) is 65.7 Å². The third kappa shape index (κ3) is 4.44. The lowest BCUT2D eigenvalue weighted by Gasteiger charge is -2.39. The van der Waals surface area contributed by atoms with Crippen LogP contribution in [-0.4, -0.2) is 0 Å². The van der Waals surface area contributed by atoms with Crippen molar-refractivity contribution in [3.63, 3.8) is 0 Å². The highest BCUT2D eigenvalue weighted by Gasteiger charge is 2.52. The van der Waals surface area contributed by atoms with E-state index in [1.165, 1.54) is 44.2 Å². The summed E-state index contributed by atoms with van der Waals surface area (Å²) in [6, 6.07) is 76.8. The largest absolute Gasteiger partial charge is 0.457 e. The molecule has 3 nitrogen and oxygen atoms in total. The van der Waals surface area contributed by atoms with Crippen molar-refractivity contribution in [2.75, 3.05) is 4.90 Å². The second-order valence-electron chi connectivity index (χ2n) is 15.9. The van der Waals surface area contributed by atoms with E-state index >= 15 is 0 Å². The zero-order valence-electron chi connectivity index (χ0n) is 32.5. The monoisotopic (exact) mass is 765 g/mol. The summed E-state index contributed by atoms with van der Waals surface area (Å²) >= 11 is 0. The van der Waals surface area contributed by atoms with Gasteiger partial charge in [0.1, 0.15) is 22.7 Å². The highest BCUT2D eigenvalue weighted by atomic mass is 16.5. The van der Waals surface area contributed by atoms with Crippen LogP contribution < -0.4 is 9.64 Å². The molecule has 0 fully saturated rings. The van der Waals surface area contributed by atoms with Crippen molar-refractivity contribution in [3.05, 3.63) is 235 Å². The van der Waals surface area contributed by atoms with Crippen LogP contribution in [0.3, 0.4) is 0 Å². The van der Waals surface area contributed by atoms with E-state index in [1.54, 1.807) is 0 Å².